The lowest BCUT2D eigenvalue weighted by atomic mass is 10.1. The lowest BCUT2D eigenvalue weighted by Gasteiger charge is -2.22. The summed E-state index contributed by atoms with van der Waals surface area (Å²) in [6.45, 7) is 2.11. The van der Waals surface area contributed by atoms with E-state index in [1.807, 2.05) is 17.0 Å². The van der Waals surface area contributed by atoms with Gasteiger partial charge in [-0.25, -0.2) is 4.39 Å². The van der Waals surface area contributed by atoms with Gasteiger partial charge in [-0.15, -0.1) is 10.2 Å². The van der Waals surface area contributed by atoms with Crippen LogP contribution in [0.1, 0.15) is 42.0 Å². The van der Waals surface area contributed by atoms with Crippen LogP contribution in [0.5, 0.6) is 0 Å². The SMILES string of the molecule is O=C(c1ccccn1)N1CCCCCCn2c(nnc2-c2ccc(F)cc2)CC1. The molecule has 0 unspecified atom stereocenters. The van der Waals surface area contributed by atoms with Crippen LogP contribution in [-0.2, 0) is 13.0 Å². The summed E-state index contributed by atoms with van der Waals surface area (Å²) in [6, 6.07) is 11.7. The molecule has 3 aromatic rings. The minimum atomic E-state index is -0.269. The highest BCUT2D eigenvalue weighted by Gasteiger charge is 2.20. The molecule has 0 saturated carbocycles. The van der Waals surface area contributed by atoms with E-state index < -0.39 is 0 Å². The van der Waals surface area contributed by atoms with E-state index in [4.69, 9.17) is 0 Å². The van der Waals surface area contributed by atoms with Gasteiger partial charge in [0.2, 0.25) is 0 Å². The molecule has 4 rings (SSSR count). The summed E-state index contributed by atoms with van der Waals surface area (Å²) >= 11 is 0. The second-order valence-electron chi connectivity index (χ2n) is 7.27. The molecule has 2 aromatic heterocycles. The van der Waals surface area contributed by atoms with Crippen molar-refractivity contribution < 1.29 is 9.18 Å². The molecule has 6 nitrogen and oxygen atoms in total. The Hall–Kier alpha value is -3.09. The molecule has 0 bridgehead atoms. The van der Waals surface area contributed by atoms with E-state index in [0.717, 1.165) is 49.4 Å². The Morgan fingerprint density at radius 1 is 0.897 bits per heavy atom. The second kappa shape index (κ2) is 8.94. The van der Waals surface area contributed by atoms with Crippen molar-refractivity contribution in [1.82, 2.24) is 24.6 Å². The van der Waals surface area contributed by atoms with E-state index in [-0.39, 0.29) is 11.7 Å². The van der Waals surface area contributed by atoms with Crippen molar-refractivity contribution in [3.63, 3.8) is 0 Å². The summed E-state index contributed by atoms with van der Waals surface area (Å²) in [4.78, 5) is 19.0. The molecule has 1 aromatic carbocycles. The fraction of sp³-hybridized carbons (Fsp3) is 0.364. The number of rotatable bonds is 2. The molecule has 7 heteroatoms. The van der Waals surface area contributed by atoms with Crippen molar-refractivity contribution in [2.75, 3.05) is 13.1 Å². The third-order valence-electron chi connectivity index (χ3n) is 5.27. The highest BCUT2D eigenvalue weighted by Crippen LogP contribution is 2.21. The number of hydrogen-bond donors (Lipinski definition) is 0. The minimum Gasteiger partial charge on any atom is -0.337 e. The topological polar surface area (TPSA) is 63.9 Å². The van der Waals surface area contributed by atoms with Crippen molar-refractivity contribution in [2.45, 2.75) is 38.6 Å². The van der Waals surface area contributed by atoms with Gasteiger partial charge in [0.1, 0.15) is 17.3 Å². The molecule has 1 amide bonds. The lowest BCUT2D eigenvalue weighted by molar-refractivity contribution is 0.0748. The molecular weight excluding hydrogens is 369 g/mol. The van der Waals surface area contributed by atoms with Gasteiger partial charge in [-0.1, -0.05) is 18.9 Å². The Kier molecular flexibility index (Phi) is 5.93. The van der Waals surface area contributed by atoms with Gasteiger partial charge in [-0.05, 0) is 49.2 Å². The number of carbonyl (C=O) groups is 1. The van der Waals surface area contributed by atoms with Gasteiger partial charge in [0.15, 0.2) is 5.82 Å². The number of carbonyl (C=O) groups excluding carboxylic acids is 1. The zero-order valence-corrected chi connectivity index (χ0v) is 16.3. The van der Waals surface area contributed by atoms with Crippen LogP contribution in [-0.4, -0.2) is 43.6 Å². The number of hydrogen-bond acceptors (Lipinski definition) is 4. The van der Waals surface area contributed by atoms with Crippen LogP contribution in [0, 0.1) is 5.82 Å². The molecule has 0 radical (unpaired) electrons. The Morgan fingerprint density at radius 3 is 2.45 bits per heavy atom. The Balaban J connectivity index is 1.58. The molecular formula is C22H24FN5O. The van der Waals surface area contributed by atoms with Gasteiger partial charge in [0, 0.05) is 37.8 Å². The van der Waals surface area contributed by atoms with Crippen LogP contribution in [0.3, 0.4) is 0 Å². The molecule has 1 aliphatic heterocycles. The Labute approximate surface area is 169 Å². The maximum atomic E-state index is 13.3. The number of benzene rings is 1. The predicted molar refractivity (Wildman–Crippen MR) is 108 cm³/mol. The van der Waals surface area contributed by atoms with Gasteiger partial charge < -0.3 is 9.47 Å². The van der Waals surface area contributed by atoms with E-state index in [1.54, 1.807) is 24.4 Å². The number of halogens is 1. The van der Waals surface area contributed by atoms with Crippen LogP contribution in [0.4, 0.5) is 4.39 Å². The van der Waals surface area contributed by atoms with E-state index >= 15 is 0 Å². The first kappa shape index (κ1) is 19.2. The smallest absolute Gasteiger partial charge is 0.272 e. The van der Waals surface area contributed by atoms with Crippen LogP contribution in [0.15, 0.2) is 48.7 Å². The molecule has 0 aliphatic carbocycles. The summed E-state index contributed by atoms with van der Waals surface area (Å²) in [5.41, 5.74) is 1.32. The zero-order chi connectivity index (χ0) is 20.1. The first-order chi connectivity index (χ1) is 14.2. The third kappa shape index (κ3) is 4.50. The van der Waals surface area contributed by atoms with Crippen molar-refractivity contribution in [3.8, 4) is 11.4 Å². The zero-order valence-electron chi connectivity index (χ0n) is 16.3. The standard InChI is InChI=1S/C22H24FN5O/c23-18-10-8-17(9-11-18)21-26-25-20-12-16-27(14-5-1-2-6-15-28(20)21)22(29)19-7-3-4-13-24-19/h3-4,7-11,13H,1-2,5-6,12,14-16H2. The van der Waals surface area contributed by atoms with E-state index in [0.29, 0.717) is 25.2 Å². The highest BCUT2D eigenvalue weighted by molar-refractivity contribution is 5.92. The fourth-order valence-electron chi connectivity index (χ4n) is 3.69. The summed E-state index contributed by atoms with van der Waals surface area (Å²) in [6.07, 6.45) is 6.40. The van der Waals surface area contributed by atoms with Crippen molar-refractivity contribution in [1.29, 1.82) is 0 Å². The molecule has 29 heavy (non-hydrogen) atoms. The Bertz CT molecular complexity index is 955. The Morgan fingerprint density at radius 2 is 1.69 bits per heavy atom. The van der Waals surface area contributed by atoms with E-state index in [1.165, 1.54) is 12.1 Å². The molecule has 0 atom stereocenters. The maximum absolute atomic E-state index is 13.3. The van der Waals surface area contributed by atoms with E-state index in [9.17, 15) is 9.18 Å². The van der Waals surface area contributed by atoms with E-state index in [2.05, 4.69) is 19.7 Å². The predicted octanol–water partition coefficient (Wildman–Crippen LogP) is 3.74. The molecule has 0 N–H and O–H groups in total. The summed E-state index contributed by atoms with van der Waals surface area (Å²) in [5.74, 6) is 1.29. The number of nitrogens with zero attached hydrogens (tertiary/aromatic N) is 5. The monoisotopic (exact) mass is 393 g/mol. The number of aromatic nitrogens is 4. The maximum Gasteiger partial charge on any atom is 0.272 e. The van der Waals surface area contributed by atoms with Gasteiger partial charge >= 0.3 is 0 Å². The van der Waals surface area contributed by atoms with Crippen LogP contribution < -0.4 is 0 Å². The molecule has 150 valence electrons. The normalized spacial score (nSPS) is 15.4. The average Bonchev–Trinajstić information content (AvgIpc) is 3.14. The lowest BCUT2D eigenvalue weighted by Crippen LogP contribution is -2.34. The van der Waals surface area contributed by atoms with Crippen LogP contribution in [0.25, 0.3) is 11.4 Å². The fourth-order valence-corrected chi connectivity index (χ4v) is 3.69. The minimum absolute atomic E-state index is 0.0466. The summed E-state index contributed by atoms with van der Waals surface area (Å²) in [5, 5.41) is 8.76. The highest BCUT2D eigenvalue weighted by atomic mass is 19.1. The van der Waals surface area contributed by atoms with Crippen molar-refractivity contribution >= 4 is 5.91 Å². The average molecular weight is 393 g/mol. The van der Waals surface area contributed by atoms with Crippen molar-refractivity contribution in [3.05, 3.63) is 66.0 Å². The largest absolute Gasteiger partial charge is 0.337 e. The molecule has 3 heterocycles. The summed E-state index contributed by atoms with van der Waals surface area (Å²) < 4.78 is 15.4. The molecule has 0 fully saturated rings. The first-order valence-corrected chi connectivity index (χ1v) is 10.1. The number of fused-ring (bicyclic) bond motifs is 1. The van der Waals surface area contributed by atoms with Gasteiger partial charge in [-0.3, -0.25) is 9.78 Å². The summed E-state index contributed by atoms with van der Waals surface area (Å²) in [7, 11) is 0. The molecule has 0 saturated heterocycles. The van der Waals surface area contributed by atoms with Gasteiger partial charge in [0.25, 0.3) is 5.91 Å². The number of amides is 1. The second-order valence-corrected chi connectivity index (χ2v) is 7.27. The van der Waals surface area contributed by atoms with Gasteiger partial charge in [-0.2, -0.15) is 0 Å². The van der Waals surface area contributed by atoms with Crippen LogP contribution >= 0.6 is 0 Å². The quantitative estimate of drug-likeness (QED) is 0.665. The van der Waals surface area contributed by atoms with Crippen molar-refractivity contribution in [2.24, 2.45) is 0 Å². The van der Waals surface area contributed by atoms with Crippen LogP contribution in [0.2, 0.25) is 0 Å². The third-order valence-corrected chi connectivity index (χ3v) is 5.27. The molecule has 1 aliphatic rings. The molecule has 0 spiro atoms. The first-order valence-electron chi connectivity index (χ1n) is 10.1. The van der Waals surface area contributed by atoms with Gasteiger partial charge in [0.05, 0.1) is 0 Å². The number of pyridine rings is 1.